The normalized spacial score (nSPS) is 24.2. The Hall–Kier alpha value is -1.35. The minimum atomic E-state index is 0.0256. The molecule has 2 rings (SSSR count). The van der Waals surface area contributed by atoms with E-state index in [4.69, 9.17) is 0 Å². The van der Waals surface area contributed by atoms with Crippen molar-refractivity contribution in [2.24, 2.45) is 5.92 Å². The molecule has 0 radical (unpaired) electrons. The van der Waals surface area contributed by atoms with Crippen molar-refractivity contribution < 1.29 is 9.69 Å². The van der Waals surface area contributed by atoms with Gasteiger partial charge in [0.25, 0.3) is 5.91 Å². The maximum absolute atomic E-state index is 12.4. The third-order valence-corrected chi connectivity index (χ3v) is 4.46. The van der Waals surface area contributed by atoms with Crippen LogP contribution in [0.2, 0.25) is 0 Å². The van der Waals surface area contributed by atoms with Crippen LogP contribution in [-0.4, -0.2) is 25.0 Å². The highest BCUT2D eigenvalue weighted by molar-refractivity contribution is 5.94. The smallest absolute Gasteiger partial charge is 0.282 e. The molecule has 1 aliphatic heterocycles. The summed E-state index contributed by atoms with van der Waals surface area (Å²) >= 11 is 0. The number of aryl methyl sites for hydroxylation is 2. The van der Waals surface area contributed by atoms with E-state index in [1.54, 1.807) is 0 Å². The number of hydrogen-bond acceptors (Lipinski definition) is 1. The molecule has 1 aromatic carbocycles. The Balaban J connectivity index is 2.02. The van der Waals surface area contributed by atoms with Crippen molar-refractivity contribution in [3.63, 3.8) is 0 Å². The quantitative estimate of drug-likeness (QED) is 0.868. The van der Waals surface area contributed by atoms with Crippen LogP contribution < -0.4 is 10.2 Å². The van der Waals surface area contributed by atoms with Crippen LogP contribution in [0.3, 0.4) is 0 Å². The van der Waals surface area contributed by atoms with E-state index in [0.717, 1.165) is 30.3 Å². The van der Waals surface area contributed by atoms with Crippen LogP contribution in [0, 0.1) is 19.8 Å². The van der Waals surface area contributed by atoms with Crippen molar-refractivity contribution in [3.05, 3.63) is 29.3 Å². The van der Waals surface area contributed by atoms with Crippen molar-refractivity contribution in [1.29, 1.82) is 0 Å². The van der Waals surface area contributed by atoms with Gasteiger partial charge in [0.15, 0.2) is 6.04 Å². The minimum absolute atomic E-state index is 0.0256. The molecule has 20 heavy (non-hydrogen) atoms. The third-order valence-electron chi connectivity index (χ3n) is 4.46. The van der Waals surface area contributed by atoms with Crippen molar-refractivity contribution in [2.45, 2.75) is 46.6 Å². The molecule has 0 aromatic heterocycles. The molecule has 0 saturated carbocycles. The van der Waals surface area contributed by atoms with Crippen molar-refractivity contribution in [2.75, 3.05) is 18.4 Å². The van der Waals surface area contributed by atoms with Gasteiger partial charge >= 0.3 is 0 Å². The lowest BCUT2D eigenvalue weighted by molar-refractivity contribution is -0.922. The SMILES string of the molecule is Cc1ccc(C)c(NC(=O)[C@@H](C)[NH+]2CCC[C@H](C)C2)c1. The molecule has 1 aromatic rings. The fraction of sp³-hybridized carbons (Fsp3) is 0.588. The lowest BCUT2D eigenvalue weighted by Crippen LogP contribution is -3.17. The number of hydrogen-bond donors (Lipinski definition) is 2. The van der Waals surface area contributed by atoms with Gasteiger partial charge in [-0.2, -0.15) is 0 Å². The van der Waals surface area contributed by atoms with Crippen molar-refractivity contribution in [1.82, 2.24) is 0 Å². The molecule has 1 aliphatic rings. The van der Waals surface area contributed by atoms with Gasteiger partial charge in [0.1, 0.15) is 0 Å². The third kappa shape index (κ3) is 3.60. The summed E-state index contributed by atoms with van der Waals surface area (Å²) in [5.74, 6) is 0.873. The molecule has 3 nitrogen and oxygen atoms in total. The zero-order valence-corrected chi connectivity index (χ0v) is 13.1. The average molecular weight is 275 g/mol. The maximum atomic E-state index is 12.4. The van der Waals surface area contributed by atoms with Crippen LogP contribution in [0.25, 0.3) is 0 Å². The number of carbonyl (C=O) groups is 1. The van der Waals surface area contributed by atoms with Crippen LogP contribution in [0.1, 0.15) is 37.8 Å². The molecule has 1 fully saturated rings. The van der Waals surface area contributed by atoms with E-state index in [1.165, 1.54) is 23.3 Å². The second-order valence-electron chi connectivity index (χ2n) is 6.39. The Morgan fingerprint density at radius 3 is 2.85 bits per heavy atom. The summed E-state index contributed by atoms with van der Waals surface area (Å²) in [6, 6.07) is 6.21. The van der Waals surface area contributed by atoms with Gasteiger partial charge < -0.3 is 10.2 Å². The number of amides is 1. The van der Waals surface area contributed by atoms with Crippen molar-refractivity contribution in [3.8, 4) is 0 Å². The Morgan fingerprint density at radius 2 is 2.15 bits per heavy atom. The molecular weight excluding hydrogens is 248 g/mol. The van der Waals surface area contributed by atoms with Crippen LogP contribution >= 0.6 is 0 Å². The summed E-state index contributed by atoms with van der Waals surface area (Å²) in [6.45, 7) is 10.7. The van der Waals surface area contributed by atoms with Gasteiger partial charge in [-0.25, -0.2) is 0 Å². The van der Waals surface area contributed by atoms with E-state index < -0.39 is 0 Å². The fourth-order valence-electron chi connectivity index (χ4n) is 3.02. The Bertz CT molecular complexity index is 484. The van der Waals surface area contributed by atoms with Gasteiger partial charge in [0.2, 0.25) is 0 Å². The summed E-state index contributed by atoms with van der Waals surface area (Å²) in [4.78, 5) is 13.9. The van der Waals surface area contributed by atoms with E-state index in [9.17, 15) is 4.79 Å². The van der Waals surface area contributed by atoms with Crippen LogP contribution in [0.5, 0.6) is 0 Å². The van der Waals surface area contributed by atoms with E-state index in [-0.39, 0.29) is 11.9 Å². The summed E-state index contributed by atoms with van der Waals surface area (Å²) in [7, 11) is 0. The van der Waals surface area contributed by atoms with Gasteiger partial charge in [-0.1, -0.05) is 19.1 Å². The predicted octanol–water partition coefficient (Wildman–Crippen LogP) is 1.95. The van der Waals surface area contributed by atoms with E-state index in [0.29, 0.717) is 0 Å². The summed E-state index contributed by atoms with van der Waals surface area (Å²) in [6.07, 6.45) is 2.53. The number of likely N-dealkylation sites (tertiary alicyclic amines) is 1. The monoisotopic (exact) mass is 275 g/mol. The summed E-state index contributed by atoms with van der Waals surface area (Å²) in [5.41, 5.74) is 3.25. The van der Waals surface area contributed by atoms with Gasteiger partial charge in [-0.15, -0.1) is 0 Å². The molecule has 3 heteroatoms. The standard InChI is InChI=1S/C17H26N2O/c1-12-7-8-14(3)16(10-12)18-17(20)15(4)19-9-5-6-13(2)11-19/h7-8,10,13,15H,5-6,9,11H2,1-4H3,(H,18,20)/p+1/t13-,15+/m0/s1. The van der Waals surface area contributed by atoms with Gasteiger partial charge in [0.05, 0.1) is 13.1 Å². The lowest BCUT2D eigenvalue weighted by atomic mass is 9.99. The zero-order chi connectivity index (χ0) is 14.7. The molecule has 0 spiro atoms. The molecule has 1 amide bonds. The maximum Gasteiger partial charge on any atom is 0.282 e. The predicted molar refractivity (Wildman–Crippen MR) is 83.1 cm³/mol. The summed E-state index contributed by atoms with van der Waals surface area (Å²) in [5, 5.41) is 3.10. The highest BCUT2D eigenvalue weighted by Gasteiger charge is 2.29. The first kappa shape index (κ1) is 15.0. The van der Waals surface area contributed by atoms with Crippen molar-refractivity contribution >= 4 is 11.6 Å². The Kier molecular flexibility index (Phi) is 4.81. The molecule has 1 unspecified atom stereocenters. The van der Waals surface area contributed by atoms with Crippen LogP contribution in [-0.2, 0) is 4.79 Å². The molecule has 1 saturated heterocycles. The Labute approximate surface area is 122 Å². The topological polar surface area (TPSA) is 33.5 Å². The number of nitrogens with one attached hydrogen (secondary N) is 2. The second-order valence-corrected chi connectivity index (χ2v) is 6.39. The van der Waals surface area contributed by atoms with Gasteiger partial charge in [-0.05, 0) is 50.8 Å². The molecule has 0 bridgehead atoms. The van der Waals surface area contributed by atoms with E-state index >= 15 is 0 Å². The first-order chi connectivity index (χ1) is 9.47. The summed E-state index contributed by atoms with van der Waals surface area (Å²) < 4.78 is 0. The second kappa shape index (κ2) is 6.40. The Morgan fingerprint density at radius 1 is 1.40 bits per heavy atom. The number of rotatable bonds is 3. The molecular formula is C17H27N2O+. The lowest BCUT2D eigenvalue weighted by Gasteiger charge is -2.31. The first-order valence-corrected chi connectivity index (χ1v) is 7.70. The van der Waals surface area contributed by atoms with E-state index in [2.05, 4.69) is 31.3 Å². The fourth-order valence-corrected chi connectivity index (χ4v) is 3.02. The highest BCUT2D eigenvalue weighted by Crippen LogP contribution is 2.16. The number of piperidine rings is 1. The number of benzene rings is 1. The average Bonchev–Trinajstić information content (AvgIpc) is 2.42. The highest BCUT2D eigenvalue weighted by atomic mass is 16.2. The molecule has 110 valence electrons. The van der Waals surface area contributed by atoms with Crippen LogP contribution in [0.15, 0.2) is 18.2 Å². The van der Waals surface area contributed by atoms with Gasteiger partial charge in [-0.3, -0.25) is 4.79 Å². The minimum Gasteiger partial charge on any atom is -0.325 e. The van der Waals surface area contributed by atoms with Gasteiger partial charge in [0, 0.05) is 11.6 Å². The zero-order valence-electron chi connectivity index (χ0n) is 13.1. The number of quaternary nitrogens is 1. The molecule has 3 atom stereocenters. The number of anilines is 1. The molecule has 2 N–H and O–H groups in total. The molecule has 0 aliphatic carbocycles. The largest absolute Gasteiger partial charge is 0.325 e. The molecule has 1 heterocycles. The first-order valence-electron chi connectivity index (χ1n) is 7.70. The van der Waals surface area contributed by atoms with Crippen LogP contribution in [0.4, 0.5) is 5.69 Å². The number of carbonyl (C=O) groups excluding carboxylic acids is 1. The van der Waals surface area contributed by atoms with E-state index in [1.807, 2.05) is 19.9 Å².